The summed E-state index contributed by atoms with van der Waals surface area (Å²) in [5, 5.41) is 1.57. The molecule has 0 unspecified atom stereocenters. The highest BCUT2D eigenvalue weighted by molar-refractivity contribution is 7.90. The molecule has 0 radical (unpaired) electrons. The van der Waals surface area contributed by atoms with Crippen LogP contribution in [0.5, 0.6) is 0 Å². The predicted octanol–water partition coefficient (Wildman–Crippen LogP) is 2.45. The Balaban J connectivity index is 2.03. The second kappa shape index (κ2) is 4.36. The minimum Gasteiger partial charge on any atom is -0.428 e. The quantitative estimate of drug-likeness (QED) is 0.750. The van der Waals surface area contributed by atoms with Gasteiger partial charge in [0.25, 0.3) is 0 Å². The lowest BCUT2D eigenvalue weighted by molar-refractivity contribution is 0.458. The van der Waals surface area contributed by atoms with Crippen LogP contribution in [0.15, 0.2) is 45.4 Å². The number of hydrogen-bond acceptors (Lipinski definition) is 6. The number of nitrogen functional groups attached to an aromatic ring is 1. The Hall–Kier alpha value is -1.86. The molecule has 0 aliphatic carbocycles. The third-order valence-corrected chi connectivity index (χ3v) is 5.03. The summed E-state index contributed by atoms with van der Waals surface area (Å²) in [5.74, 6) is -0.104. The molecular formula is C12H10N2O3S2. The number of rotatable bonds is 3. The van der Waals surface area contributed by atoms with E-state index in [1.54, 1.807) is 24.3 Å². The van der Waals surface area contributed by atoms with Gasteiger partial charge in [-0.3, -0.25) is 0 Å². The number of fused-ring (bicyclic) bond motifs is 1. The molecule has 0 saturated heterocycles. The average molecular weight is 294 g/mol. The van der Waals surface area contributed by atoms with E-state index in [-0.39, 0.29) is 11.0 Å². The van der Waals surface area contributed by atoms with Crippen LogP contribution >= 0.6 is 11.3 Å². The third-order valence-electron chi connectivity index (χ3n) is 2.57. The van der Waals surface area contributed by atoms with E-state index in [0.717, 1.165) is 4.88 Å². The zero-order valence-electron chi connectivity index (χ0n) is 9.74. The van der Waals surface area contributed by atoms with Crippen molar-refractivity contribution in [3.8, 4) is 0 Å². The van der Waals surface area contributed by atoms with Crippen molar-refractivity contribution in [3.05, 3.63) is 40.6 Å². The molecule has 1 aromatic carbocycles. The van der Waals surface area contributed by atoms with Crippen LogP contribution in [-0.2, 0) is 15.6 Å². The van der Waals surface area contributed by atoms with E-state index >= 15 is 0 Å². The number of hydrogen-bond donors (Lipinski definition) is 1. The maximum absolute atomic E-state index is 12.2. The molecular weight excluding hydrogens is 284 g/mol. The third kappa shape index (κ3) is 2.34. The van der Waals surface area contributed by atoms with Crippen LogP contribution in [0.2, 0.25) is 0 Å². The zero-order valence-corrected chi connectivity index (χ0v) is 11.4. The van der Waals surface area contributed by atoms with E-state index < -0.39 is 9.84 Å². The van der Waals surface area contributed by atoms with Crippen molar-refractivity contribution in [3.63, 3.8) is 0 Å². The first-order chi connectivity index (χ1) is 9.04. The standard InChI is InChI=1S/C12H10N2O3S2/c13-8-3-4-11-10(6-8)14-12(17-11)19(15,16)7-9-2-1-5-18-9/h1-6H,7,13H2. The van der Waals surface area contributed by atoms with Gasteiger partial charge in [0.2, 0.25) is 9.84 Å². The van der Waals surface area contributed by atoms with Crippen LogP contribution in [0.4, 0.5) is 5.69 Å². The number of thiophene rings is 1. The molecule has 0 spiro atoms. The van der Waals surface area contributed by atoms with Crippen LogP contribution in [0.25, 0.3) is 11.1 Å². The van der Waals surface area contributed by atoms with E-state index in [0.29, 0.717) is 16.8 Å². The van der Waals surface area contributed by atoms with Crippen molar-refractivity contribution in [2.24, 2.45) is 0 Å². The zero-order chi connectivity index (χ0) is 13.5. The Kier molecular flexibility index (Phi) is 2.79. The second-order valence-corrected chi connectivity index (χ2v) is 6.95. The van der Waals surface area contributed by atoms with Crippen molar-refractivity contribution in [1.29, 1.82) is 0 Å². The first-order valence-electron chi connectivity index (χ1n) is 5.46. The molecule has 0 aliphatic rings. The molecule has 0 saturated carbocycles. The number of benzene rings is 1. The molecule has 2 N–H and O–H groups in total. The molecule has 0 atom stereocenters. The molecule has 0 aliphatic heterocycles. The highest BCUT2D eigenvalue weighted by Crippen LogP contribution is 2.24. The Bertz CT molecular complexity index is 820. The molecule has 3 aromatic rings. The first kappa shape index (κ1) is 12.2. The van der Waals surface area contributed by atoms with Gasteiger partial charge in [-0.2, -0.15) is 4.98 Å². The van der Waals surface area contributed by atoms with E-state index in [4.69, 9.17) is 10.2 Å². The normalized spacial score (nSPS) is 12.0. The average Bonchev–Trinajstić information content (AvgIpc) is 2.96. The molecule has 98 valence electrons. The van der Waals surface area contributed by atoms with Crippen LogP contribution in [0.3, 0.4) is 0 Å². The number of nitrogens with two attached hydrogens (primary N) is 1. The number of sulfone groups is 1. The predicted molar refractivity (Wildman–Crippen MR) is 73.6 cm³/mol. The number of oxazole rings is 1. The van der Waals surface area contributed by atoms with Crippen molar-refractivity contribution in [1.82, 2.24) is 4.98 Å². The summed E-state index contributed by atoms with van der Waals surface area (Å²) in [4.78, 5) is 4.75. The van der Waals surface area contributed by atoms with Crippen molar-refractivity contribution in [2.45, 2.75) is 11.0 Å². The van der Waals surface area contributed by atoms with Gasteiger partial charge < -0.3 is 10.2 Å². The molecule has 7 heteroatoms. The minimum atomic E-state index is -3.57. The number of nitrogens with zero attached hydrogens (tertiary/aromatic N) is 1. The smallest absolute Gasteiger partial charge is 0.316 e. The summed E-state index contributed by atoms with van der Waals surface area (Å²) >= 11 is 1.39. The lowest BCUT2D eigenvalue weighted by Crippen LogP contribution is -2.03. The Morgan fingerprint density at radius 2 is 2.16 bits per heavy atom. The van der Waals surface area contributed by atoms with Gasteiger partial charge in [0.1, 0.15) is 5.52 Å². The Morgan fingerprint density at radius 3 is 2.89 bits per heavy atom. The van der Waals surface area contributed by atoms with Gasteiger partial charge in [-0.25, -0.2) is 8.42 Å². The monoisotopic (exact) mass is 294 g/mol. The summed E-state index contributed by atoms with van der Waals surface area (Å²) in [6.07, 6.45) is 0. The molecule has 0 fully saturated rings. The van der Waals surface area contributed by atoms with Gasteiger partial charge in [0.05, 0.1) is 5.75 Å². The SMILES string of the molecule is Nc1ccc2oc(S(=O)(=O)Cc3cccs3)nc2c1. The van der Waals surface area contributed by atoms with Gasteiger partial charge in [0.15, 0.2) is 5.58 Å². The van der Waals surface area contributed by atoms with E-state index in [9.17, 15) is 8.42 Å². The summed E-state index contributed by atoms with van der Waals surface area (Å²) in [6.45, 7) is 0. The molecule has 5 nitrogen and oxygen atoms in total. The van der Waals surface area contributed by atoms with Crippen LogP contribution in [-0.4, -0.2) is 13.4 Å². The lowest BCUT2D eigenvalue weighted by atomic mass is 10.3. The van der Waals surface area contributed by atoms with E-state index in [1.165, 1.54) is 11.3 Å². The van der Waals surface area contributed by atoms with Crippen LogP contribution < -0.4 is 5.73 Å². The fourth-order valence-electron chi connectivity index (χ4n) is 1.70. The largest absolute Gasteiger partial charge is 0.428 e. The first-order valence-corrected chi connectivity index (χ1v) is 7.99. The molecule has 0 bridgehead atoms. The molecule has 2 aromatic heterocycles. The number of aromatic nitrogens is 1. The maximum atomic E-state index is 12.2. The van der Waals surface area contributed by atoms with Gasteiger partial charge in [-0.05, 0) is 29.6 Å². The van der Waals surface area contributed by atoms with Crippen LogP contribution in [0, 0.1) is 0 Å². The van der Waals surface area contributed by atoms with Gasteiger partial charge >= 0.3 is 5.22 Å². The van der Waals surface area contributed by atoms with Crippen molar-refractivity contribution >= 4 is 38.0 Å². The van der Waals surface area contributed by atoms with Gasteiger partial charge in [0, 0.05) is 10.6 Å². The molecule has 3 rings (SSSR count). The van der Waals surface area contributed by atoms with E-state index in [1.807, 2.05) is 11.4 Å². The van der Waals surface area contributed by atoms with E-state index in [2.05, 4.69) is 4.98 Å². The topological polar surface area (TPSA) is 86.2 Å². The van der Waals surface area contributed by atoms with Gasteiger partial charge in [-0.1, -0.05) is 6.07 Å². The maximum Gasteiger partial charge on any atom is 0.316 e. The second-order valence-electron chi connectivity index (χ2n) is 4.05. The minimum absolute atomic E-state index is 0.104. The molecule has 2 heterocycles. The van der Waals surface area contributed by atoms with Crippen LogP contribution in [0.1, 0.15) is 4.88 Å². The summed E-state index contributed by atoms with van der Waals surface area (Å²) in [5.41, 5.74) is 7.00. The summed E-state index contributed by atoms with van der Waals surface area (Å²) in [7, 11) is -3.57. The van der Waals surface area contributed by atoms with Gasteiger partial charge in [-0.15, -0.1) is 11.3 Å². The fourth-order valence-corrected chi connectivity index (χ4v) is 3.98. The summed E-state index contributed by atoms with van der Waals surface area (Å²) in [6, 6.07) is 8.42. The highest BCUT2D eigenvalue weighted by Gasteiger charge is 2.22. The fraction of sp³-hybridized carbons (Fsp3) is 0.0833. The molecule has 19 heavy (non-hydrogen) atoms. The number of anilines is 1. The van der Waals surface area contributed by atoms with Crippen molar-refractivity contribution in [2.75, 3.05) is 5.73 Å². The Labute approximate surface area is 113 Å². The molecule has 0 amide bonds. The van der Waals surface area contributed by atoms with Crippen molar-refractivity contribution < 1.29 is 12.8 Å². The highest BCUT2D eigenvalue weighted by atomic mass is 32.2. The summed E-state index contributed by atoms with van der Waals surface area (Å²) < 4.78 is 29.6. The lowest BCUT2D eigenvalue weighted by Gasteiger charge is -1.96. The Morgan fingerprint density at radius 1 is 1.32 bits per heavy atom.